The van der Waals surface area contributed by atoms with Crippen molar-refractivity contribution in [2.45, 2.75) is 31.3 Å². The molecule has 2 aromatic carbocycles. The first-order chi connectivity index (χ1) is 13.7. The molecule has 2 heterocycles. The van der Waals surface area contributed by atoms with Crippen molar-refractivity contribution in [1.29, 1.82) is 0 Å². The number of hydrogen-bond acceptors (Lipinski definition) is 4. The van der Waals surface area contributed by atoms with Gasteiger partial charge in [0.25, 0.3) is 0 Å². The molecular weight excluding hydrogens is 344 g/mol. The smallest absolute Gasteiger partial charge is 0.0501 e. The van der Waals surface area contributed by atoms with Gasteiger partial charge in [-0.15, -0.1) is 0 Å². The third-order valence-corrected chi connectivity index (χ3v) is 7.09. The van der Waals surface area contributed by atoms with Crippen LogP contribution in [0.5, 0.6) is 0 Å². The lowest BCUT2D eigenvalue weighted by molar-refractivity contribution is -0.0365. The number of hydrazine groups is 1. The topological polar surface area (TPSA) is 13.0 Å². The average Bonchev–Trinajstić information content (AvgIpc) is 3.01. The first kappa shape index (κ1) is 18.2. The average molecular weight is 377 g/mol. The summed E-state index contributed by atoms with van der Waals surface area (Å²) in [4.78, 5) is 4.99. The lowest BCUT2D eigenvalue weighted by Crippen LogP contribution is -2.44. The molecule has 1 aliphatic carbocycles. The standard InChI is InChI=1S/C24H32N4/c1-25-12-14-27(15-13-25)21-8-9-22-20-10-11-28(18-19-6-4-3-5-7-19)26(2)24(16-20)23(22)17-21/h3-9,17,20,24H,10-16,18H2,1-2H3/t20-,24-/m1/s1. The molecule has 2 atom stereocenters. The minimum absolute atomic E-state index is 0.513. The number of benzene rings is 2. The molecule has 0 spiro atoms. The first-order valence-electron chi connectivity index (χ1n) is 10.8. The highest BCUT2D eigenvalue weighted by Crippen LogP contribution is 2.48. The van der Waals surface area contributed by atoms with Gasteiger partial charge in [-0.25, -0.2) is 10.0 Å². The summed E-state index contributed by atoms with van der Waals surface area (Å²) in [5.74, 6) is 0.713. The van der Waals surface area contributed by atoms with Gasteiger partial charge in [0.15, 0.2) is 0 Å². The Labute approximate surface area is 169 Å². The summed E-state index contributed by atoms with van der Waals surface area (Å²) in [7, 11) is 4.52. The molecule has 0 unspecified atom stereocenters. The molecule has 2 aromatic rings. The molecule has 2 saturated heterocycles. The van der Waals surface area contributed by atoms with Gasteiger partial charge in [-0.1, -0.05) is 36.4 Å². The zero-order valence-electron chi connectivity index (χ0n) is 17.2. The maximum absolute atomic E-state index is 2.57. The second-order valence-electron chi connectivity index (χ2n) is 8.79. The second kappa shape index (κ2) is 7.51. The van der Waals surface area contributed by atoms with Crippen molar-refractivity contribution in [3.8, 4) is 0 Å². The quantitative estimate of drug-likeness (QED) is 0.809. The maximum atomic E-state index is 2.57. The lowest BCUT2D eigenvalue weighted by atomic mass is 9.97. The van der Waals surface area contributed by atoms with Gasteiger partial charge in [0.05, 0.1) is 6.04 Å². The van der Waals surface area contributed by atoms with Crippen molar-refractivity contribution in [2.75, 3.05) is 51.7 Å². The number of rotatable bonds is 3. The Balaban J connectivity index is 1.39. The summed E-state index contributed by atoms with van der Waals surface area (Å²) in [6, 6.07) is 18.7. The summed E-state index contributed by atoms with van der Waals surface area (Å²) in [6.45, 7) is 6.75. The van der Waals surface area contributed by atoms with Gasteiger partial charge < -0.3 is 9.80 Å². The van der Waals surface area contributed by atoms with E-state index < -0.39 is 0 Å². The molecule has 0 saturated carbocycles. The van der Waals surface area contributed by atoms with E-state index in [0.717, 1.165) is 39.3 Å². The van der Waals surface area contributed by atoms with Crippen LogP contribution in [0.3, 0.4) is 0 Å². The predicted molar refractivity (Wildman–Crippen MR) is 115 cm³/mol. The van der Waals surface area contributed by atoms with Crippen LogP contribution in [0.2, 0.25) is 0 Å². The third-order valence-electron chi connectivity index (χ3n) is 7.09. The van der Waals surface area contributed by atoms with Crippen molar-refractivity contribution in [1.82, 2.24) is 14.9 Å². The summed E-state index contributed by atoms with van der Waals surface area (Å²) in [5.41, 5.74) is 6.00. The van der Waals surface area contributed by atoms with E-state index >= 15 is 0 Å². The fraction of sp³-hybridized carbons (Fsp3) is 0.500. The van der Waals surface area contributed by atoms with Crippen LogP contribution in [0.1, 0.15) is 41.5 Å². The van der Waals surface area contributed by atoms with Gasteiger partial charge in [-0.05, 0) is 54.6 Å². The Morgan fingerprint density at radius 3 is 2.43 bits per heavy atom. The molecule has 2 fully saturated rings. The maximum Gasteiger partial charge on any atom is 0.0501 e. The van der Waals surface area contributed by atoms with Crippen LogP contribution in [0.25, 0.3) is 0 Å². The van der Waals surface area contributed by atoms with Gasteiger partial charge in [-0.3, -0.25) is 0 Å². The van der Waals surface area contributed by atoms with Crippen molar-refractivity contribution in [3.63, 3.8) is 0 Å². The SMILES string of the molecule is CN1CCN(c2ccc3c(c2)[C@H]2C[C@H]3CCN(Cc3ccccc3)N2C)CC1. The Morgan fingerprint density at radius 1 is 0.857 bits per heavy atom. The molecule has 148 valence electrons. The zero-order chi connectivity index (χ0) is 19.1. The summed E-state index contributed by atoms with van der Waals surface area (Å²) in [5, 5.41) is 5.10. The number of fused-ring (bicyclic) bond motifs is 5. The molecule has 2 bridgehead atoms. The molecule has 0 N–H and O–H groups in total. The minimum atomic E-state index is 0.513. The van der Waals surface area contributed by atoms with Crippen LogP contribution < -0.4 is 4.90 Å². The fourth-order valence-electron chi connectivity index (χ4n) is 5.28. The van der Waals surface area contributed by atoms with Crippen LogP contribution in [0.4, 0.5) is 5.69 Å². The van der Waals surface area contributed by atoms with E-state index in [1.807, 2.05) is 0 Å². The number of anilines is 1. The Hall–Kier alpha value is -1.88. The molecule has 4 heteroatoms. The van der Waals surface area contributed by atoms with Crippen LogP contribution in [-0.4, -0.2) is 61.7 Å². The Bertz CT molecular complexity index is 813. The number of hydrogen-bond donors (Lipinski definition) is 0. The molecule has 4 nitrogen and oxygen atoms in total. The van der Waals surface area contributed by atoms with Gasteiger partial charge in [0.2, 0.25) is 0 Å². The van der Waals surface area contributed by atoms with Crippen molar-refractivity contribution < 1.29 is 0 Å². The first-order valence-corrected chi connectivity index (χ1v) is 10.8. The summed E-state index contributed by atoms with van der Waals surface area (Å²) in [6.07, 6.45) is 2.53. The third kappa shape index (κ3) is 3.34. The highest BCUT2D eigenvalue weighted by atomic mass is 15.6. The number of nitrogens with zero attached hydrogens (tertiary/aromatic N) is 4. The van der Waals surface area contributed by atoms with Gasteiger partial charge in [-0.2, -0.15) is 0 Å². The van der Waals surface area contributed by atoms with E-state index in [1.54, 1.807) is 11.1 Å². The second-order valence-corrected chi connectivity index (χ2v) is 8.79. The van der Waals surface area contributed by atoms with E-state index in [-0.39, 0.29) is 0 Å². The van der Waals surface area contributed by atoms with E-state index in [0.29, 0.717) is 12.0 Å². The normalized spacial score (nSPS) is 26.3. The van der Waals surface area contributed by atoms with Crippen molar-refractivity contribution in [3.05, 3.63) is 65.2 Å². The lowest BCUT2D eigenvalue weighted by Gasteiger charge is -2.37. The largest absolute Gasteiger partial charge is 0.369 e. The highest BCUT2D eigenvalue weighted by molar-refractivity contribution is 5.55. The van der Waals surface area contributed by atoms with Crippen LogP contribution >= 0.6 is 0 Å². The molecular formula is C24H32N4. The van der Waals surface area contributed by atoms with E-state index in [4.69, 9.17) is 0 Å². The molecule has 0 radical (unpaired) electrons. The van der Waals surface area contributed by atoms with Gasteiger partial charge in [0, 0.05) is 52.0 Å². The van der Waals surface area contributed by atoms with Crippen LogP contribution in [0.15, 0.2) is 48.5 Å². The summed E-state index contributed by atoms with van der Waals surface area (Å²) < 4.78 is 0. The van der Waals surface area contributed by atoms with E-state index in [1.165, 1.54) is 24.1 Å². The Kier molecular flexibility index (Phi) is 4.87. The van der Waals surface area contributed by atoms with Gasteiger partial charge in [0.1, 0.15) is 0 Å². The Morgan fingerprint density at radius 2 is 1.64 bits per heavy atom. The molecule has 2 aliphatic heterocycles. The minimum Gasteiger partial charge on any atom is -0.369 e. The monoisotopic (exact) mass is 376 g/mol. The zero-order valence-corrected chi connectivity index (χ0v) is 17.2. The molecule has 0 aromatic heterocycles. The van der Waals surface area contributed by atoms with Crippen molar-refractivity contribution >= 4 is 5.69 Å². The molecule has 5 rings (SSSR count). The number of likely N-dealkylation sites (N-methyl/N-ethyl adjacent to an activating group) is 1. The molecule has 28 heavy (non-hydrogen) atoms. The fourth-order valence-corrected chi connectivity index (χ4v) is 5.28. The van der Waals surface area contributed by atoms with Gasteiger partial charge >= 0.3 is 0 Å². The van der Waals surface area contributed by atoms with E-state index in [9.17, 15) is 0 Å². The van der Waals surface area contributed by atoms with E-state index in [2.05, 4.69) is 82.4 Å². The number of piperazine rings is 1. The van der Waals surface area contributed by atoms with Crippen molar-refractivity contribution in [2.24, 2.45) is 0 Å². The predicted octanol–water partition coefficient (Wildman–Crippen LogP) is 3.72. The molecule has 0 amide bonds. The molecule has 3 aliphatic rings. The summed E-state index contributed by atoms with van der Waals surface area (Å²) >= 11 is 0. The van der Waals surface area contributed by atoms with Crippen LogP contribution in [0, 0.1) is 0 Å². The highest BCUT2D eigenvalue weighted by Gasteiger charge is 2.38. The van der Waals surface area contributed by atoms with Crippen LogP contribution in [-0.2, 0) is 6.54 Å².